The summed E-state index contributed by atoms with van der Waals surface area (Å²) in [7, 11) is -0.507. The topological polar surface area (TPSA) is 92.4 Å². The van der Waals surface area contributed by atoms with Crippen molar-refractivity contribution >= 4 is 34.4 Å². The number of alkyl halides is 2. The Morgan fingerprint density at radius 1 is 0.837 bits per heavy atom. The zero-order chi connectivity index (χ0) is 35.7. The summed E-state index contributed by atoms with van der Waals surface area (Å²) >= 11 is 0. The largest absolute Gasteiger partial charge is 0.495 e. The minimum absolute atomic E-state index is 0.0701. The van der Waals surface area contributed by atoms with E-state index >= 15 is 0 Å². The smallest absolute Gasteiger partial charge is 0.475 e. The molecule has 258 valence electrons. The number of ether oxygens (including phenoxy) is 1. The van der Waals surface area contributed by atoms with Crippen LogP contribution in [0.1, 0.15) is 66.9 Å². The van der Waals surface area contributed by atoms with Gasteiger partial charge in [-0.25, -0.2) is 22.5 Å². The molecule has 1 fully saturated rings. The van der Waals surface area contributed by atoms with Gasteiger partial charge in [-0.05, 0) is 113 Å². The summed E-state index contributed by atoms with van der Waals surface area (Å²) in [5, 5.41) is 1.25. The lowest BCUT2D eigenvalue weighted by Gasteiger charge is -2.32. The van der Waals surface area contributed by atoms with Crippen molar-refractivity contribution in [2.75, 3.05) is 6.61 Å². The molecule has 0 unspecified atom stereocenters. The maximum absolute atomic E-state index is 13.7. The minimum atomic E-state index is -2.78. The first-order chi connectivity index (χ1) is 23.0. The Labute approximate surface area is 284 Å². The lowest BCUT2D eigenvalue weighted by molar-refractivity contribution is 0.00578. The normalized spacial score (nSPS) is 16.6. The first-order valence-electron chi connectivity index (χ1n) is 16.1. The van der Waals surface area contributed by atoms with Crippen LogP contribution in [-0.2, 0) is 9.31 Å². The van der Waals surface area contributed by atoms with E-state index in [0.29, 0.717) is 34.4 Å². The second kappa shape index (κ2) is 14.0. The Balaban J connectivity index is 0.000000204. The monoisotopic (exact) mass is 676 g/mol. The molecule has 5 aromatic rings. The van der Waals surface area contributed by atoms with Gasteiger partial charge in [-0.15, -0.1) is 0 Å². The molecule has 6 rings (SSSR count). The highest BCUT2D eigenvalue weighted by Gasteiger charge is 2.52. The summed E-state index contributed by atoms with van der Waals surface area (Å²) in [4.78, 5) is 12.6. The summed E-state index contributed by atoms with van der Waals surface area (Å²) in [6.07, 6.45) is 2.59. The third kappa shape index (κ3) is 8.20. The van der Waals surface area contributed by atoms with Crippen LogP contribution in [0.5, 0.6) is 5.88 Å². The summed E-state index contributed by atoms with van der Waals surface area (Å²) in [6.45, 7) is 13.9. The highest BCUT2D eigenvalue weighted by Crippen LogP contribution is 2.37. The van der Waals surface area contributed by atoms with Crippen LogP contribution < -0.4 is 15.9 Å². The molecule has 12 heteroatoms. The van der Waals surface area contributed by atoms with E-state index in [1.54, 1.807) is 30.6 Å². The molecule has 0 radical (unpaired) electrons. The Morgan fingerprint density at radius 2 is 1.41 bits per heavy atom. The Hall–Kier alpha value is -4.13. The molecular formula is C37H41BF4N4O3. The standard InChI is InChI=1S/C22H24F3N3O.C15H17BFNO2/c1-13(2)10-22(3,26)12-29-21-18(20(24)25)8-14(11-28-21)16-6-7-27-19-5-4-15(23)9-17(16)19;1-14(2)15(3,4)20-16(19-14)12-7-8-18-13-6-5-10(17)9-11(12)13/h4-9,11,13,20H,10,12,26H2,1-3H3;5-9H,1-4H3/t22-;/m0./s1. The number of halogens is 4. The molecule has 0 amide bonds. The summed E-state index contributed by atoms with van der Waals surface area (Å²) in [5.41, 5.74) is 7.50. The van der Waals surface area contributed by atoms with Crippen LogP contribution in [0.15, 0.2) is 73.2 Å². The van der Waals surface area contributed by atoms with Gasteiger partial charge in [0.2, 0.25) is 5.88 Å². The van der Waals surface area contributed by atoms with Crippen LogP contribution in [0.2, 0.25) is 0 Å². The fraction of sp³-hybridized carbons (Fsp3) is 0.378. The average molecular weight is 677 g/mol. The van der Waals surface area contributed by atoms with Crippen molar-refractivity contribution in [2.24, 2.45) is 11.7 Å². The van der Waals surface area contributed by atoms with E-state index in [2.05, 4.69) is 15.0 Å². The number of aromatic nitrogens is 3. The SMILES string of the molecule is CC(C)C[C@](C)(N)COc1ncc(-c2ccnc3ccc(F)cc23)cc1C(F)F.CC1(C)OB(c2ccnc3ccc(F)cc23)OC1(C)C. The predicted molar refractivity (Wildman–Crippen MR) is 185 cm³/mol. The van der Waals surface area contributed by atoms with Gasteiger partial charge in [0.25, 0.3) is 6.43 Å². The van der Waals surface area contributed by atoms with E-state index in [-0.39, 0.29) is 23.9 Å². The lowest BCUT2D eigenvalue weighted by Crippen LogP contribution is -2.43. The van der Waals surface area contributed by atoms with Gasteiger partial charge in [-0.1, -0.05) is 13.8 Å². The van der Waals surface area contributed by atoms with E-state index in [1.807, 2.05) is 54.5 Å². The fourth-order valence-electron chi connectivity index (χ4n) is 5.80. The zero-order valence-corrected chi connectivity index (χ0v) is 28.7. The number of hydrogen-bond acceptors (Lipinski definition) is 7. The molecule has 2 aromatic carbocycles. The molecule has 1 aliphatic rings. The number of pyridine rings is 3. The van der Waals surface area contributed by atoms with Crippen molar-refractivity contribution in [3.05, 3.63) is 90.4 Å². The Kier molecular flexibility index (Phi) is 10.3. The van der Waals surface area contributed by atoms with Gasteiger partial charge in [-0.3, -0.25) is 9.97 Å². The highest BCUT2D eigenvalue weighted by molar-refractivity contribution is 6.65. The van der Waals surface area contributed by atoms with E-state index in [0.717, 1.165) is 16.4 Å². The Morgan fingerprint density at radius 3 is 2.00 bits per heavy atom. The number of fused-ring (bicyclic) bond motifs is 2. The van der Waals surface area contributed by atoms with E-state index < -0.39 is 36.1 Å². The van der Waals surface area contributed by atoms with Gasteiger partial charge in [0.15, 0.2) is 0 Å². The zero-order valence-electron chi connectivity index (χ0n) is 28.7. The summed E-state index contributed by atoms with van der Waals surface area (Å²) in [6, 6.07) is 13.5. The van der Waals surface area contributed by atoms with Crippen molar-refractivity contribution in [1.29, 1.82) is 0 Å². The van der Waals surface area contributed by atoms with Crippen molar-refractivity contribution in [3.8, 4) is 17.0 Å². The van der Waals surface area contributed by atoms with Gasteiger partial charge >= 0.3 is 7.12 Å². The van der Waals surface area contributed by atoms with Crippen molar-refractivity contribution in [1.82, 2.24) is 15.0 Å². The molecule has 0 saturated carbocycles. The van der Waals surface area contributed by atoms with Crippen LogP contribution in [-0.4, -0.2) is 45.4 Å². The molecule has 1 saturated heterocycles. The van der Waals surface area contributed by atoms with Crippen LogP contribution in [0.4, 0.5) is 17.6 Å². The first-order valence-corrected chi connectivity index (χ1v) is 16.1. The van der Waals surface area contributed by atoms with Gasteiger partial charge in [0.1, 0.15) is 18.2 Å². The van der Waals surface area contributed by atoms with Crippen LogP contribution in [0.3, 0.4) is 0 Å². The molecule has 4 heterocycles. The van der Waals surface area contributed by atoms with Crippen LogP contribution >= 0.6 is 0 Å². The molecular weight excluding hydrogens is 635 g/mol. The molecule has 49 heavy (non-hydrogen) atoms. The molecule has 7 nitrogen and oxygen atoms in total. The lowest BCUT2D eigenvalue weighted by atomic mass is 9.77. The van der Waals surface area contributed by atoms with E-state index in [4.69, 9.17) is 19.8 Å². The number of rotatable bonds is 8. The predicted octanol–water partition coefficient (Wildman–Crippen LogP) is 8.19. The summed E-state index contributed by atoms with van der Waals surface area (Å²) < 4.78 is 72.2. The molecule has 1 aliphatic heterocycles. The van der Waals surface area contributed by atoms with Crippen LogP contribution in [0, 0.1) is 17.6 Å². The molecule has 3 aromatic heterocycles. The molecule has 0 bridgehead atoms. The highest BCUT2D eigenvalue weighted by atomic mass is 19.3. The van der Waals surface area contributed by atoms with E-state index in [9.17, 15) is 17.6 Å². The minimum Gasteiger partial charge on any atom is -0.475 e. The van der Waals surface area contributed by atoms with Gasteiger partial charge < -0.3 is 19.8 Å². The third-order valence-corrected chi connectivity index (χ3v) is 8.79. The maximum atomic E-state index is 13.7. The quantitative estimate of drug-likeness (QED) is 0.131. The van der Waals surface area contributed by atoms with Crippen molar-refractivity contribution in [2.45, 2.75) is 78.1 Å². The first kappa shape index (κ1) is 36.2. The van der Waals surface area contributed by atoms with Crippen LogP contribution in [0.25, 0.3) is 32.9 Å². The third-order valence-electron chi connectivity index (χ3n) is 8.79. The van der Waals surface area contributed by atoms with Gasteiger partial charge in [0.05, 0.1) is 27.8 Å². The summed E-state index contributed by atoms with van der Waals surface area (Å²) in [5.74, 6) is -0.517. The average Bonchev–Trinajstić information content (AvgIpc) is 3.24. The number of nitrogens with zero attached hydrogens (tertiary/aromatic N) is 3. The second-order valence-electron chi connectivity index (χ2n) is 14.1. The maximum Gasteiger partial charge on any atom is 0.495 e. The molecule has 0 spiro atoms. The van der Waals surface area contributed by atoms with Crippen molar-refractivity contribution < 1.29 is 31.6 Å². The fourth-order valence-corrected chi connectivity index (χ4v) is 5.80. The number of nitrogens with two attached hydrogens (primary N) is 1. The number of hydrogen-bond donors (Lipinski definition) is 1. The Bertz CT molecular complexity index is 1940. The van der Waals surface area contributed by atoms with E-state index in [1.165, 1.54) is 36.5 Å². The molecule has 1 atom stereocenters. The molecule has 0 aliphatic carbocycles. The van der Waals surface area contributed by atoms with Crippen molar-refractivity contribution in [3.63, 3.8) is 0 Å². The number of benzene rings is 2. The van der Waals surface area contributed by atoms with Gasteiger partial charge in [0, 0.05) is 40.5 Å². The van der Waals surface area contributed by atoms with Gasteiger partial charge in [-0.2, -0.15) is 0 Å². The molecule has 2 N–H and O–H groups in total. The second-order valence-corrected chi connectivity index (χ2v) is 14.1.